The predicted octanol–water partition coefficient (Wildman–Crippen LogP) is 3.18. The highest BCUT2D eigenvalue weighted by molar-refractivity contribution is 7.92. The Morgan fingerprint density at radius 3 is 2.64 bits per heavy atom. The maximum absolute atomic E-state index is 14.7. The smallest absolute Gasteiger partial charge is 0.270 e. The molecule has 4 heterocycles. The molecule has 1 fully saturated rings. The van der Waals surface area contributed by atoms with E-state index in [1.807, 2.05) is 4.57 Å². The van der Waals surface area contributed by atoms with Crippen LogP contribution in [0, 0.1) is 5.82 Å². The largest absolute Gasteiger partial charge is 0.356 e. The fraction of sp³-hybridized carbons (Fsp3) is 0.409. The van der Waals surface area contributed by atoms with Crippen LogP contribution in [0.3, 0.4) is 0 Å². The van der Waals surface area contributed by atoms with E-state index in [1.165, 1.54) is 30.5 Å². The number of amides is 1. The summed E-state index contributed by atoms with van der Waals surface area (Å²) in [6, 6.07) is 5.33. The number of benzene rings is 1. The van der Waals surface area contributed by atoms with Crippen LogP contribution < -0.4 is 4.72 Å². The van der Waals surface area contributed by atoms with Gasteiger partial charge in [-0.05, 0) is 49.9 Å². The molecule has 1 aromatic carbocycles. The number of nitrogens with one attached hydrogen (secondary N) is 2. The molecular weight excluding hydrogens is 447 g/mol. The summed E-state index contributed by atoms with van der Waals surface area (Å²) < 4.78 is 45.0. The molecule has 3 aromatic rings. The second-order valence-corrected chi connectivity index (χ2v) is 10.1. The number of nitrogens with zero attached hydrogens (tertiary/aromatic N) is 4. The van der Waals surface area contributed by atoms with E-state index in [2.05, 4.69) is 19.9 Å². The molecule has 174 valence electrons. The summed E-state index contributed by atoms with van der Waals surface area (Å²) in [4.78, 5) is 16.9. The molecule has 0 saturated carbocycles. The topological polar surface area (TPSA) is 113 Å². The lowest BCUT2D eigenvalue weighted by atomic mass is 10.1. The van der Waals surface area contributed by atoms with E-state index in [0.29, 0.717) is 25.5 Å². The van der Waals surface area contributed by atoms with Crippen molar-refractivity contribution in [2.24, 2.45) is 0 Å². The van der Waals surface area contributed by atoms with Gasteiger partial charge in [0.05, 0.1) is 5.56 Å². The van der Waals surface area contributed by atoms with E-state index in [9.17, 15) is 17.6 Å². The van der Waals surface area contributed by atoms with E-state index in [0.717, 1.165) is 44.3 Å². The first-order valence-electron chi connectivity index (χ1n) is 11.1. The number of aromatic nitrogens is 4. The maximum Gasteiger partial charge on any atom is 0.270 e. The van der Waals surface area contributed by atoms with Crippen LogP contribution in [0.2, 0.25) is 0 Å². The fourth-order valence-electron chi connectivity index (χ4n) is 4.40. The van der Waals surface area contributed by atoms with Gasteiger partial charge in [0.15, 0.2) is 5.82 Å². The number of aryl methyl sites for hydroxylation is 1. The normalized spacial score (nSPS) is 16.5. The highest BCUT2D eigenvalue weighted by Crippen LogP contribution is 2.28. The molecular formula is C22H25FN6O3S. The molecule has 33 heavy (non-hydrogen) atoms. The van der Waals surface area contributed by atoms with Gasteiger partial charge >= 0.3 is 0 Å². The average molecular weight is 473 g/mol. The van der Waals surface area contributed by atoms with Crippen LogP contribution in [0.1, 0.15) is 48.4 Å². The summed E-state index contributed by atoms with van der Waals surface area (Å²) in [5.41, 5.74) is 0.615. The molecule has 5 rings (SSSR count). The lowest BCUT2D eigenvalue weighted by Crippen LogP contribution is -2.27. The number of fused-ring (bicyclic) bond motifs is 1. The number of sulfonamides is 1. The summed E-state index contributed by atoms with van der Waals surface area (Å²) in [5, 5.41) is 8.38. The monoisotopic (exact) mass is 472 g/mol. The molecule has 1 saturated heterocycles. The second-order valence-electron chi connectivity index (χ2n) is 8.45. The van der Waals surface area contributed by atoms with Gasteiger partial charge in [0.25, 0.3) is 15.9 Å². The lowest BCUT2D eigenvalue weighted by Gasteiger charge is -2.13. The zero-order valence-corrected chi connectivity index (χ0v) is 18.9. The van der Waals surface area contributed by atoms with Crippen LogP contribution in [0.5, 0.6) is 0 Å². The van der Waals surface area contributed by atoms with E-state index < -0.39 is 15.8 Å². The standard InChI is InChI=1S/C22H25FN6O3S/c23-18-8-7-15(12-17(18)21-26-25-20-6-2-1-3-11-29(20)21)27-33(31,32)16-13-19(24-14-16)22(30)28-9-4-5-10-28/h7-8,12-14,24,27H,1-6,9-11H2. The molecule has 2 N–H and O–H groups in total. The summed E-state index contributed by atoms with van der Waals surface area (Å²) in [6.45, 7) is 2.04. The highest BCUT2D eigenvalue weighted by atomic mass is 32.2. The molecule has 2 aromatic heterocycles. The van der Waals surface area contributed by atoms with Crippen molar-refractivity contribution in [2.45, 2.75) is 50.0 Å². The molecule has 0 aliphatic carbocycles. The van der Waals surface area contributed by atoms with Crippen LogP contribution in [0.25, 0.3) is 11.4 Å². The zero-order valence-electron chi connectivity index (χ0n) is 18.1. The Balaban J connectivity index is 1.40. The quantitative estimate of drug-likeness (QED) is 0.592. The van der Waals surface area contributed by atoms with Crippen molar-refractivity contribution in [1.82, 2.24) is 24.6 Å². The molecule has 0 atom stereocenters. The Labute approximate surface area is 191 Å². The first-order valence-corrected chi connectivity index (χ1v) is 12.6. The number of rotatable bonds is 5. The molecule has 9 nitrogen and oxygen atoms in total. The third kappa shape index (κ3) is 4.24. The van der Waals surface area contributed by atoms with Crippen molar-refractivity contribution in [3.8, 4) is 11.4 Å². The Morgan fingerprint density at radius 1 is 1.03 bits per heavy atom. The van der Waals surface area contributed by atoms with Gasteiger partial charge in [-0.25, -0.2) is 12.8 Å². The van der Waals surface area contributed by atoms with Gasteiger partial charge in [0.1, 0.15) is 22.2 Å². The second kappa shape index (κ2) is 8.62. The number of aromatic amines is 1. The SMILES string of the molecule is O=C(c1cc(S(=O)(=O)Nc2ccc(F)c(-c3nnc4n3CCCCC4)c2)c[nH]1)N1CCCC1. The van der Waals surface area contributed by atoms with E-state index in [1.54, 1.807) is 4.90 Å². The number of likely N-dealkylation sites (tertiary alicyclic amines) is 1. The van der Waals surface area contributed by atoms with Crippen LogP contribution >= 0.6 is 0 Å². The van der Waals surface area contributed by atoms with Crippen molar-refractivity contribution in [3.05, 3.63) is 47.8 Å². The van der Waals surface area contributed by atoms with Crippen LogP contribution in [-0.2, 0) is 23.0 Å². The van der Waals surface area contributed by atoms with E-state index >= 15 is 0 Å². The Morgan fingerprint density at radius 2 is 1.82 bits per heavy atom. The Bertz CT molecular complexity index is 1290. The van der Waals surface area contributed by atoms with Gasteiger partial charge in [0, 0.05) is 37.9 Å². The van der Waals surface area contributed by atoms with Crippen LogP contribution in [0.4, 0.5) is 10.1 Å². The van der Waals surface area contributed by atoms with Gasteiger partial charge in [-0.1, -0.05) is 6.42 Å². The molecule has 1 amide bonds. The molecule has 0 bridgehead atoms. The molecule has 0 radical (unpaired) electrons. The van der Waals surface area contributed by atoms with Gasteiger partial charge in [-0.2, -0.15) is 0 Å². The number of hydrogen-bond acceptors (Lipinski definition) is 5. The number of halogens is 1. The van der Waals surface area contributed by atoms with Crippen LogP contribution in [-0.4, -0.2) is 52.1 Å². The summed E-state index contributed by atoms with van der Waals surface area (Å²) >= 11 is 0. The summed E-state index contributed by atoms with van der Waals surface area (Å²) in [6.07, 6.45) is 7.01. The summed E-state index contributed by atoms with van der Waals surface area (Å²) in [7, 11) is -3.99. The van der Waals surface area contributed by atoms with Crippen molar-refractivity contribution in [2.75, 3.05) is 17.8 Å². The van der Waals surface area contributed by atoms with Gasteiger partial charge in [-0.15, -0.1) is 10.2 Å². The van der Waals surface area contributed by atoms with E-state index in [-0.39, 0.29) is 27.7 Å². The van der Waals surface area contributed by atoms with Crippen LogP contribution in [0.15, 0.2) is 35.4 Å². The molecule has 11 heteroatoms. The highest BCUT2D eigenvalue weighted by Gasteiger charge is 2.25. The molecule has 0 spiro atoms. The third-order valence-electron chi connectivity index (χ3n) is 6.16. The minimum absolute atomic E-state index is 0.0627. The van der Waals surface area contributed by atoms with Crippen molar-refractivity contribution in [3.63, 3.8) is 0 Å². The van der Waals surface area contributed by atoms with Gasteiger partial charge in [-0.3, -0.25) is 9.52 Å². The molecule has 2 aliphatic heterocycles. The lowest BCUT2D eigenvalue weighted by molar-refractivity contribution is 0.0787. The number of hydrogen-bond donors (Lipinski definition) is 2. The first-order chi connectivity index (χ1) is 15.9. The zero-order chi connectivity index (χ0) is 23.0. The Hall–Kier alpha value is -3.21. The van der Waals surface area contributed by atoms with Gasteiger partial charge < -0.3 is 14.5 Å². The molecule has 2 aliphatic rings. The van der Waals surface area contributed by atoms with Gasteiger partial charge in [0.2, 0.25) is 0 Å². The Kier molecular flexibility index (Phi) is 5.65. The summed E-state index contributed by atoms with van der Waals surface area (Å²) in [5.74, 6) is 0.490. The first kappa shape index (κ1) is 21.6. The van der Waals surface area contributed by atoms with Crippen molar-refractivity contribution < 1.29 is 17.6 Å². The number of H-pyrrole nitrogens is 1. The number of carbonyl (C=O) groups excluding carboxylic acids is 1. The maximum atomic E-state index is 14.7. The third-order valence-corrected chi connectivity index (χ3v) is 7.52. The minimum atomic E-state index is -3.99. The van der Waals surface area contributed by atoms with E-state index in [4.69, 9.17) is 0 Å². The molecule has 0 unspecified atom stereocenters. The minimum Gasteiger partial charge on any atom is -0.356 e. The number of carbonyl (C=O) groups is 1. The van der Waals surface area contributed by atoms with Crippen molar-refractivity contribution >= 4 is 21.6 Å². The van der Waals surface area contributed by atoms with Crippen molar-refractivity contribution in [1.29, 1.82) is 0 Å². The number of anilines is 1. The fourth-order valence-corrected chi connectivity index (χ4v) is 5.44. The predicted molar refractivity (Wildman–Crippen MR) is 120 cm³/mol. The average Bonchev–Trinajstić information content (AvgIpc) is 3.54.